The Balaban J connectivity index is 1.69. The van der Waals surface area contributed by atoms with Gasteiger partial charge in [0, 0.05) is 21.8 Å². The van der Waals surface area contributed by atoms with Crippen molar-refractivity contribution in [2.75, 3.05) is 6.61 Å². The summed E-state index contributed by atoms with van der Waals surface area (Å²) in [6, 6.07) is 8.51. The van der Waals surface area contributed by atoms with Crippen molar-refractivity contribution in [2.24, 2.45) is 0 Å². The van der Waals surface area contributed by atoms with Crippen molar-refractivity contribution >= 4 is 23.1 Å². The lowest BCUT2D eigenvalue weighted by molar-refractivity contribution is 0.0474. The third-order valence-electron chi connectivity index (χ3n) is 4.26. The lowest BCUT2D eigenvalue weighted by atomic mass is 10.1. The quantitative estimate of drug-likeness (QED) is 0.460. The molecule has 0 aliphatic heterocycles. The predicted octanol–water partition coefficient (Wildman–Crippen LogP) is 4.53. The van der Waals surface area contributed by atoms with Crippen molar-refractivity contribution in [3.05, 3.63) is 80.8 Å². The molecule has 0 N–H and O–H groups in total. The van der Waals surface area contributed by atoms with Crippen LogP contribution in [0.5, 0.6) is 0 Å². The fraction of sp³-hybridized carbons (Fsp3) is 0.200. The van der Waals surface area contributed by atoms with Gasteiger partial charge < -0.3 is 9.30 Å². The summed E-state index contributed by atoms with van der Waals surface area (Å²) < 4.78 is 33.2. The average Bonchev–Trinajstić information content (AvgIpc) is 3.25. The van der Waals surface area contributed by atoms with Gasteiger partial charge in [-0.1, -0.05) is 6.07 Å². The van der Waals surface area contributed by atoms with E-state index in [1.165, 1.54) is 0 Å². The molecule has 140 valence electrons. The molecule has 27 heavy (non-hydrogen) atoms. The molecule has 7 heteroatoms. The zero-order valence-corrected chi connectivity index (χ0v) is 15.6. The van der Waals surface area contributed by atoms with Crippen LogP contribution in [0, 0.1) is 25.5 Å². The highest BCUT2D eigenvalue weighted by molar-refractivity contribution is 7.09. The van der Waals surface area contributed by atoms with Crippen molar-refractivity contribution in [1.29, 1.82) is 0 Å². The van der Waals surface area contributed by atoms with E-state index in [2.05, 4.69) is 0 Å². The van der Waals surface area contributed by atoms with E-state index in [4.69, 9.17) is 4.74 Å². The Morgan fingerprint density at radius 2 is 1.89 bits per heavy atom. The molecule has 0 amide bonds. The molecule has 0 bridgehead atoms. The van der Waals surface area contributed by atoms with E-state index in [0.717, 1.165) is 34.5 Å². The first-order chi connectivity index (χ1) is 12.9. The molecular formula is C20H17F2NO3S. The number of ether oxygens (including phenoxy) is 1. The van der Waals surface area contributed by atoms with Gasteiger partial charge in [0.15, 0.2) is 24.0 Å². The van der Waals surface area contributed by atoms with Crippen LogP contribution < -0.4 is 0 Å². The highest BCUT2D eigenvalue weighted by Gasteiger charge is 2.19. The van der Waals surface area contributed by atoms with Gasteiger partial charge in [-0.25, -0.2) is 13.6 Å². The SMILES string of the molecule is Cc1cc(C(=O)OCC(=O)c2ccc(F)c(F)c2)c(C)n1Cc1cccs1. The summed E-state index contributed by atoms with van der Waals surface area (Å²) in [7, 11) is 0. The number of benzene rings is 1. The highest BCUT2D eigenvalue weighted by Crippen LogP contribution is 2.20. The van der Waals surface area contributed by atoms with Crippen LogP contribution in [-0.2, 0) is 11.3 Å². The van der Waals surface area contributed by atoms with Gasteiger partial charge in [-0.15, -0.1) is 11.3 Å². The van der Waals surface area contributed by atoms with Crippen molar-refractivity contribution in [1.82, 2.24) is 4.57 Å². The third kappa shape index (κ3) is 4.14. The molecule has 0 radical (unpaired) electrons. The van der Waals surface area contributed by atoms with E-state index >= 15 is 0 Å². The summed E-state index contributed by atoms with van der Waals surface area (Å²) in [5, 5.41) is 1.99. The Hall–Kier alpha value is -2.80. The molecule has 3 rings (SSSR count). The van der Waals surface area contributed by atoms with Crippen LogP contribution in [0.1, 0.15) is 37.0 Å². The van der Waals surface area contributed by atoms with Crippen molar-refractivity contribution in [3.63, 3.8) is 0 Å². The summed E-state index contributed by atoms with van der Waals surface area (Å²) in [4.78, 5) is 25.6. The maximum Gasteiger partial charge on any atom is 0.340 e. The zero-order valence-electron chi connectivity index (χ0n) is 14.8. The summed E-state index contributed by atoms with van der Waals surface area (Å²) in [6.07, 6.45) is 0. The van der Waals surface area contributed by atoms with Crippen LogP contribution in [0.3, 0.4) is 0 Å². The molecule has 3 aromatic rings. The van der Waals surface area contributed by atoms with Crippen molar-refractivity contribution in [3.8, 4) is 0 Å². The second-order valence-electron chi connectivity index (χ2n) is 6.08. The molecule has 0 atom stereocenters. The van der Waals surface area contributed by atoms with Gasteiger partial charge in [0.25, 0.3) is 0 Å². The first kappa shape index (κ1) is 19.0. The standard InChI is InChI=1S/C20H17F2NO3S/c1-12-8-16(13(2)23(12)10-15-4-3-7-27-15)20(25)26-11-19(24)14-5-6-17(21)18(22)9-14/h3-9H,10-11H2,1-2H3. The van der Waals surface area contributed by atoms with E-state index in [9.17, 15) is 18.4 Å². The predicted molar refractivity (Wildman–Crippen MR) is 98.3 cm³/mol. The number of esters is 1. The minimum atomic E-state index is -1.12. The zero-order chi connectivity index (χ0) is 19.6. The van der Waals surface area contributed by atoms with E-state index in [-0.39, 0.29) is 5.56 Å². The topological polar surface area (TPSA) is 48.3 Å². The van der Waals surface area contributed by atoms with Crippen LogP contribution in [-0.4, -0.2) is 22.9 Å². The summed E-state index contributed by atoms with van der Waals surface area (Å²) in [6.45, 7) is 3.81. The Bertz CT molecular complexity index is 993. The summed E-state index contributed by atoms with van der Waals surface area (Å²) in [5.74, 6) is -3.39. The van der Waals surface area contributed by atoms with E-state index in [1.54, 1.807) is 17.4 Å². The van der Waals surface area contributed by atoms with Gasteiger partial charge in [-0.2, -0.15) is 0 Å². The number of carbonyl (C=O) groups is 2. The van der Waals surface area contributed by atoms with Gasteiger partial charge in [0.05, 0.1) is 12.1 Å². The highest BCUT2D eigenvalue weighted by atomic mass is 32.1. The maximum absolute atomic E-state index is 13.2. The van der Waals surface area contributed by atoms with Crippen molar-refractivity contribution < 1.29 is 23.1 Å². The second-order valence-corrected chi connectivity index (χ2v) is 7.11. The molecule has 4 nitrogen and oxygen atoms in total. The fourth-order valence-corrected chi connectivity index (χ4v) is 3.46. The minimum Gasteiger partial charge on any atom is -0.454 e. The molecule has 0 saturated carbocycles. The monoisotopic (exact) mass is 389 g/mol. The van der Waals surface area contributed by atoms with E-state index in [0.29, 0.717) is 12.1 Å². The number of aryl methyl sites for hydroxylation is 1. The lowest BCUT2D eigenvalue weighted by Crippen LogP contribution is -2.15. The Morgan fingerprint density at radius 1 is 1.11 bits per heavy atom. The van der Waals surface area contributed by atoms with Gasteiger partial charge in [-0.3, -0.25) is 4.79 Å². The second kappa shape index (κ2) is 7.84. The maximum atomic E-state index is 13.2. The minimum absolute atomic E-state index is 0.0510. The Labute approximate surface area is 159 Å². The van der Waals surface area contributed by atoms with Crippen molar-refractivity contribution in [2.45, 2.75) is 20.4 Å². The number of thiophene rings is 1. The molecule has 0 spiro atoms. The molecular weight excluding hydrogens is 372 g/mol. The number of halogens is 2. The molecule has 0 aliphatic carbocycles. The van der Waals surface area contributed by atoms with Crippen LogP contribution in [0.2, 0.25) is 0 Å². The normalized spacial score (nSPS) is 10.8. The molecule has 0 fully saturated rings. The Morgan fingerprint density at radius 3 is 2.56 bits per heavy atom. The molecule has 2 aromatic heterocycles. The largest absolute Gasteiger partial charge is 0.454 e. The first-order valence-corrected chi connectivity index (χ1v) is 9.09. The number of aromatic nitrogens is 1. The van der Waals surface area contributed by atoms with Crippen LogP contribution in [0.15, 0.2) is 41.8 Å². The number of carbonyl (C=O) groups excluding carboxylic acids is 2. The number of Topliss-reactive ketones (excluding diaryl/α,β-unsaturated/α-hetero) is 1. The smallest absolute Gasteiger partial charge is 0.340 e. The van der Waals surface area contributed by atoms with Crippen LogP contribution in [0.4, 0.5) is 8.78 Å². The Kier molecular flexibility index (Phi) is 5.51. The molecule has 2 heterocycles. The van der Waals surface area contributed by atoms with E-state index in [1.807, 2.05) is 35.9 Å². The summed E-state index contributed by atoms with van der Waals surface area (Å²) >= 11 is 1.63. The number of ketones is 1. The third-order valence-corrected chi connectivity index (χ3v) is 5.12. The molecule has 1 aromatic carbocycles. The summed E-state index contributed by atoms with van der Waals surface area (Å²) in [5.41, 5.74) is 1.97. The average molecular weight is 389 g/mol. The van der Waals surface area contributed by atoms with Gasteiger partial charge in [0.1, 0.15) is 0 Å². The van der Waals surface area contributed by atoms with Crippen LogP contribution in [0.25, 0.3) is 0 Å². The first-order valence-electron chi connectivity index (χ1n) is 8.21. The number of hydrogen-bond donors (Lipinski definition) is 0. The number of hydrogen-bond acceptors (Lipinski definition) is 4. The van der Waals surface area contributed by atoms with E-state index < -0.39 is 30.0 Å². The fourth-order valence-electron chi connectivity index (χ4n) is 2.77. The molecule has 0 unspecified atom stereocenters. The lowest BCUT2D eigenvalue weighted by Gasteiger charge is -2.08. The number of nitrogens with zero attached hydrogens (tertiary/aromatic N) is 1. The van der Waals surface area contributed by atoms with Gasteiger partial charge >= 0.3 is 5.97 Å². The van der Waals surface area contributed by atoms with Gasteiger partial charge in [-0.05, 0) is 49.6 Å². The molecule has 0 aliphatic rings. The molecule has 0 saturated heterocycles. The van der Waals surface area contributed by atoms with Gasteiger partial charge in [0.2, 0.25) is 0 Å². The number of rotatable bonds is 6. The van der Waals surface area contributed by atoms with Crippen LogP contribution >= 0.6 is 11.3 Å².